The third kappa shape index (κ3) is 6.94. The van der Waals surface area contributed by atoms with Gasteiger partial charge in [0.15, 0.2) is 0 Å². The summed E-state index contributed by atoms with van der Waals surface area (Å²) in [5, 5.41) is 2.17. The fourth-order valence-electron chi connectivity index (χ4n) is 2.87. The summed E-state index contributed by atoms with van der Waals surface area (Å²) in [4.78, 5) is 4.06. The van der Waals surface area contributed by atoms with Crippen molar-refractivity contribution in [2.75, 3.05) is 13.1 Å². The number of hydrogen-bond donors (Lipinski definition) is 1. The summed E-state index contributed by atoms with van der Waals surface area (Å²) < 4.78 is 0. The van der Waals surface area contributed by atoms with Crippen molar-refractivity contribution >= 4 is 11.3 Å². The van der Waals surface area contributed by atoms with Crippen LogP contribution in [0.1, 0.15) is 58.8 Å². The molecule has 2 N–H and O–H groups in total. The van der Waals surface area contributed by atoms with Crippen LogP contribution in [0.15, 0.2) is 17.5 Å². The maximum atomic E-state index is 5.79. The van der Waals surface area contributed by atoms with Crippen molar-refractivity contribution in [1.82, 2.24) is 4.90 Å². The maximum Gasteiger partial charge on any atom is 0.0330 e. The highest BCUT2D eigenvalue weighted by atomic mass is 32.1. The predicted molar refractivity (Wildman–Crippen MR) is 95.7 cm³/mol. The smallest absolute Gasteiger partial charge is 0.0330 e. The Morgan fingerprint density at radius 3 is 2.43 bits per heavy atom. The Bertz CT molecular complexity index is 365. The molecule has 1 atom stereocenters. The Labute approximate surface area is 135 Å². The molecule has 0 saturated carbocycles. The summed E-state index contributed by atoms with van der Waals surface area (Å²) in [5.74, 6) is 0.734. The van der Waals surface area contributed by atoms with Crippen LogP contribution in [0, 0.1) is 11.3 Å². The lowest BCUT2D eigenvalue weighted by Gasteiger charge is -2.32. The minimum Gasteiger partial charge on any atom is -0.330 e. The summed E-state index contributed by atoms with van der Waals surface area (Å²) >= 11 is 1.86. The van der Waals surface area contributed by atoms with Gasteiger partial charge in [0.25, 0.3) is 0 Å². The van der Waals surface area contributed by atoms with Crippen LogP contribution in [0.2, 0.25) is 0 Å². The standard InChI is InChI=1S/C18H34N2S/c1-15(2)20(14-17-9-7-13-21-17)12-6-8-16(10-11-19)18(3,4)5/h7,9,13,15-16H,6,8,10-12,14,19H2,1-5H3. The third-order valence-electron chi connectivity index (χ3n) is 4.41. The van der Waals surface area contributed by atoms with Gasteiger partial charge >= 0.3 is 0 Å². The summed E-state index contributed by atoms with van der Waals surface area (Å²) in [6, 6.07) is 5.00. The van der Waals surface area contributed by atoms with Crippen LogP contribution >= 0.6 is 11.3 Å². The molecule has 0 fully saturated rings. The number of nitrogens with zero attached hydrogens (tertiary/aromatic N) is 1. The van der Waals surface area contributed by atoms with E-state index < -0.39 is 0 Å². The molecule has 0 saturated heterocycles. The molecule has 0 aliphatic carbocycles. The third-order valence-corrected chi connectivity index (χ3v) is 5.27. The van der Waals surface area contributed by atoms with Crippen molar-refractivity contribution in [3.63, 3.8) is 0 Å². The van der Waals surface area contributed by atoms with Gasteiger partial charge in [-0.25, -0.2) is 0 Å². The van der Waals surface area contributed by atoms with E-state index in [1.165, 1.54) is 24.3 Å². The molecular weight excluding hydrogens is 276 g/mol. The second-order valence-corrected chi connectivity index (χ2v) is 8.46. The van der Waals surface area contributed by atoms with E-state index >= 15 is 0 Å². The van der Waals surface area contributed by atoms with Gasteiger partial charge in [-0.15, -0.1) is 11.3 Å². The first-order valence-electron chi connectivity index (χ1n) is 8.31. The maximum absolute atomic E-state index is 5.79. The van der Waals surface area contributed by atoms with E-state index in [1.807, 2.05) is 11.3 Å². The average Bonchev–Trinajstić information content (AvgIpc) is 2.87. The molecule has 0 aliphatic rings. The predicted octanol–water partition coefficient (Wildman–Crippen LogP) is 4.75. The van der Waals surface area contributed by atoms with Crippen LogP contribution in [0.4, 0.5) is 0 Å². The Morgan fingerprint density at radius 1 is 1.24 bits per heavy atom. The van der Waals surface area contributed by atoms with Crippen LogP contribution in [-0.2, 0) is 6.54 Å². The summed E-state index contributed by atoms with van der Waals surface area (Å²) in [6.07, 6.45) is 3.70. The molecule has 0 aliphatic heterocycles. The minimum atomic E-state index is 0.371. The molecule has 1 rings (SSSR count). The van der Waals surface area contributed by atoms with E-state index in [-0.39, 0.29) is 0 Å². The monoisotopic (exact) mass is 310 g/mol. The van der Waals surface area contributed by atoms with E-state index in [2.05, 4.69) is 57.0 Å². The van der Waals surface area contributed by atoms with Gasteiger partial charge in [-0.3, -0.25) is 4.90 Å². The lowest BCUT2D eigenvalue weighted by Crippen LogP contribution is -2.32. The Balaban J connectivity index is 2.45. The second kappa shape index (κ2) is 8.92. The zero-order chi connectivity index (χ0) is 15.9. The summed E-state index contributed by atoms with van der Waals surface area (Å²) in [6.45, 7) is 14.7. The Hall–Kier alpha value is -0.380. The van der Waals surface area contributed by atoms with Gasteiger partial charge in [0.05, 0.1) is 0 Å². The van der Waals surface area contributed by atoms with Crippen LogP contribution in [0.3, 0.4) is 0 Å². The highest BCUT2D eigenvalue weighted by Crippen LogP contribution is 2.32. The van der Waals surface area contributed by atoms with Gasteiger partial charge in [0.1, 0.15) is 0 Å². The molecule has 1 heterocycles. The lowest BCUT2D eigenvalue weighted by molar-refractivity contribution is 0.174. The minimum absolute atomic E-state index is 0.371. The van der Waals surface area contributed by atoms with Crippen molar-refractivity contribution in [2.45, 2.75) is 66.5 Å². The molecule has 1 aromatic rings. The van der Waals surface area contributed by atoms with E-state index in [4.69, 9.17) is 5.73 Å². The van der Waals surface area contributed by atoms with Gasteiger partial charge in [-0.1, -0.05) is 26.8 Å². The Morgan fingerprint density at radius 2 is 1.95 bits per heavy atom. The van der Waals surface area contributed by atoms with Crippen molar-refractivity contribution in [1.29, 1.82) is 0 Å². The molecule has 0 spiro atoms. The molecule has 122 valence electrons. The normalized spacial score (nSPS) is 14.1. The first-order valence-corrected chi connectivity index (χ1v) is 9.19. The zero-order valence-corrected chi connectivity index (χ0v) is 15.4. The lowest BCUT2D eigenvalue weighted by atomic mass is 9.76. The van der Waals surface area contributed by atoms with Gasteiger partial charge in [-0.05, 0) is 69.0 Å². The van der Waals surface area contributed by atoms with Crippen molar-refractivity contribution in [2.24, 2.45) is 17.1 Å². The molecule has 0 radical (unpaired) electrons. The highest BCUT2D eigenvalue weighted by Gasteiger charge is 2.23. The molecule has 1 aromatic heterocycles. The van der Waals surface area contributed by atoms with Crippen molar-refractivity contribution in [3.05, 3.63) is 22.4 Å². The van der Waals surface area contributed by atoms with Crippen molar-refractivity contribution in [3.8, 4) is 0 Å². The van der Waals surface area contributed by atoms with E-state index in [9.17, 15) is 0 Å². The second-order valence-electron chi connectivity index (χ2n) is 7.43. The number of hydrogen-bond acceptors (Lipinski definition) is 3. The first kappa shape index (κ1) is 18.7. The van der Waals surface area contributed by atoms with Gasteiger partial charge < -0.3 is 5.73 Å². The molecular formula is C18H34N2S. The number of rotatable bonds is 9. The molecule has 0 bridgehead atoms. The average molecular weight is 311 g/mol. The first-order chi connectivity index (χ1) is 9.84. The molecule has 1 unspecified atom stereocenters. The van der Waals surface area contributed by atoms with E-state index in [0.717, 1.165) is 25.4 Å². The number of nitrogens with two attached hydrogens (primary N) is 1. The summed E-state index contributed by atoms with van der Waals surface area (Å²) in [5.41, 5.74) is 6.16. The van der Waals surface area contributed by atoms with Crippen molar-refractivity contribution < 1.29 is 0 Å². The molecule has 0 aromatic carbocycles. The van der Waals surface area contributed by atoms with Gasteiger partial charge in [0.2, 0.25) is 0 Å². The number of thiophene rings is 1. The zero-order valence-electron chi connectivity index (χ0n) is 14.6. The molecule has 2 nitrogen and oxygen atoms in total. The van der Waals surface area contributed by atoms with Crippen LogP contribution in [-0.4, -0.2) is 24.0 Å². The van der Waals surface area contributed by atoms with Crippen LogP contribution < -0.4 is 5.73 Å². The van der Waals surface area contributed by atoms with Gasteiger partial charge in [-0.2, -0.15) is 0 Å². The SMILES string of the molecule is CC(C)N(CCCC(CCN)C(C)(C)C)Cc1cccs1. The fraction of sp³-hybridized carbons (Fsp3) is 0.778. The van der Waals surface area contributed by atoms with Crippen LogP contribution in [0.5, 0.6) is 0 Å². The topological polar surface area (TPSA) is 29.3 Å². The van der Waals surface area contributed by atoms with Gasteiger partial charge in [0, 0.05) is 17.5 Å². The van der Waals surface area contributed by atoms with E-state index in [1.54, 1.807) is 0 Å². The summed E-state index contributed by atoms with van der Waals surface area (Å²) in [7, 11) is 0. The molecule has 3 heteroatoms. The Kier molecular flexibility index (Phi) is 7.93. The van der Waals surface area contributed by atoms with E-state index in [0.29, 0.717) is 11.5 Å². The van der Waals surface area contributed by atoms with Crippen LogP contribution in [0.25, 0.3) is 0 Å². The molecule has 0 amide bonds. The molecule has 21 heavy (non-hydrogen) atoms. The highest BCUT2D eigenvalue weighted by molar-refractivity contribution is 7.09. The largest absolute Gasteiger partial charge is 0.330 e. The quantitative estimate of drug-likeness (QED) is 0.713. The fourth-order valence-corrected chi connectivity index (χ4v) is 3.60.